The molecule has 2 aromatic rings. The Morgan fingerprint density at radius 3 is 2.58 bits per heavy atom. The van der Waals surface area contributed by atoms with Crippen LogP contribution in [0.1, 0.15) is 18.1 Å². The van der Waals surface area contributed by atoms with Crippen LogP contribution in [0.4, 0.5) is 0 Å². The zero-order chi connectivity index (χ0) is 17.5. The lowest BCUT2D eigenvalue weighted by atomic mass is 10.1. The van der Waals surface area contributed by atoms with Gasteiger partial charge in [-0.25, -0.2) is 0 Å². The van der Waals surface area contributed by atoms with Crippen molar-refractivity contribution < 1.29 is 14.3 Å². The van der Waals surface area contributed by atoms with Gasteiger partial charge in [0, 0.05) is 11.0 Å². The molecule has 24 heavy (non-hydrogen) atoms. The van der Waals surface area contributed by atoms with Crippen LogP contribution in [0, 0.1) is 6.92 Å². The van der Waals surface area contributed by atoms with E-state index in [1.165, 1.54) is 5.56 Å². The van der Waals surface area contributed by atoms with E-state index in [1.807, 2.05) is 43.3 Å². The van der Waals surface area contributed by atoms with E-state index in [9.17, 15) is 4.79 Å². The summed E-state index contributed by atoms with van der Waals surface area (Å²) in [6.07, 6.45) is 0.160. The molecule has 2 rings (SSSR count). The second-order valence-electron chi connectivity index (χ2n) is 5.57. The van der Waals surface area contributed by atoms with E-state index < -0.39 is 6.10 Å². The number of ether oxygens (including phenoxy) is 2. The maximum atomic E-state index is 12.1. The van der Waals surface area contributed by atoms with E-state index in [-0.39, 0.29) is 5.91 Å². The number of halogens is 1. The second-order valence-corrected chi connectivity index (χ2v) is 6.49. The summed E-state index contributed by atoms with van der Waals surface area (Å²) in [6, 6.07) is 13.4. The number of rotatable bonds is 7. The first-order chi connectivity index (χ1) is 11.5. The molecule has 1 unspecified atom stereocenters. The number of benzene rings is 2. The third kappa shape index (κ3) is 5.27. The minimum Gasteiger partial charge on any atom is -0.496 e. The Balaban J connectivity index is 1.84. The Morgan fingerprint density at radius 1 is 1.21 bits per heavy atom. The van der Waals surface area contributed by atoms with Gasteiger partial charge < -0.3 is 14.8 Å². The van der Waals surface area contributed by atoms with E-state index in [2.05, 4.69) is 27.3 Å². The fraction of sp³-hybridized carbons (Fsp3) is 0.316. The van der Waals surface area contributed by atoms with Crippen molar-refractivity contribution >= 4 is 21.8 Å². The normalized spacial score (nSPS) is 11.7. The molecule has 1 amide bonds. The highest BCUT2D eigenvalue weighted by Gasteiger charge is 2.14. The van der Waals surface area contributed by atoms with Gasteiger partial charge in [-0.1, -0.05) is 33.6 Å². The zero-order valence-corrected chi connectivity index (χ0v) is 15.7. The molecular formula is C19H22BrNO3. The first kappa shape index (κ1) is 18.3. The Bertz CT molecular complexity index is 686. The molecule has 1 atom stereocenters. The Kier molecular flexibility index (Phi) is 6.67. The lowest BCUT2D eigenvalue weighted by molar-refractivity contribution is -0.127. The highest BCUT2D eigenvalue weighted by Crippen LogP contribution is 2.20. The number of amides is 1. The number of aryl methyl sites for hydroxylation is 1. The van der Waals surface area contributed by atoms with Crippen LogP contribution >= 0.6 is 15.9 Å². The Morgan fingerprint density at radius 2 is 1.92 bits per heavy atom. The number of methoxy groups -OCH3 is 1. The topological polar surface area (TPSA) is 47.6 Å². The van der Waals surface area contributed by atoms with Gasteiger partial charge in [0.15, 0.2) is 6.10 Å². The molecular weight excluding hydrogens is 370 g/mol. The van der Waals surface area contributed by atoms with Crippen LogP contribution in [0.5, 0.6) is 11.5 Å². The van der Waals surface area contributed by atoms with Crippen LogP contribution in [-0.4, -0.2) is 25.7 Å². The Labute approximate surface area is 151 Å². The van der Waals surface area contributed by atoms with Gasteiger partial charge in [-0.05, 0) is 56.2 Å². The summed E-state index contributed by atoms with van der Waals surface area (Å²) in [5.41, 5.74) is 2.25. The zero-order valence-electron chi connectivity index (χ0n) is 14.1. The molecule has 1 N–H and O–H groups in total. The van der Waals surface area contributed by atoms with Crippen LogP contribution in [0.25, 0.3) is 0 Å². The SMILES string of the molecule is COc1ccc(C)cc1CCNC(=O)C(C)Oc1ccc(Br)cc1. The first-order valence-electron chi connectivity index (χ1n) is 7.83. The standard InChI is InChI=1S/C19H22BrNO3/c1-13-4-9-18(23-3)15(12-13)10-11-21-19(22)14(2)24-17-7-5-16(20)6-8-17/h4-9,12,14H,10-11H2,1-3H3,(H,21,22). The smallest absolute Gasteiger partial charge is 0.260 e. The van der Waals surface area contributed by atoms with E-state index in [4.69, 9.17) is 9.47 Å². The fourth-order valence-corrected chi connectivity index (χ4v) is 2.60. The van der Waals surface area contributed by atoms with Gasteiger partial charge >= 0.3 is 0 Å². The highest BCUT2D eigenvalue weighted by atomic mass is 79.9. The molecule has 5 heteroatoms. The van der Waals surface area contributed by atoms with Gasteiger partial charge in [0.1, 0.15) is 11.5 Å². The number of hydrogen-bond acceptors (Lipinski definition) is 3. The van der Waals surface area contributed by atoms with Crippen molar-refractivity contribution in [2.24, 2.45) is 0 Å². The second kappa shape index (κ2) is 8.73. The molecule has 4 nitrogen and oxygen atoms in total. The van der Waals surface area contributed by atoms with Crippen LogP contribution < -0.4 is 14.8 Å². The van der Waals surface area contributed by atoms with Gasteiger partial charge in [0.2, 0.25) is 0 Å². The number of carbonyl (C=O) groups is 1. The molecule has 0 radical (unpaired) electrons. The summed E-state index contributed by atoms with van der Waals surface area (Å²) in [5.74, 6) is 1.37. The van der Waals surface area contributed by atoms with E-state index in [1.54, 1.807) is 14.0 Å². The van der Waals surface area contributed by atoms with E-state index in [0.29, 0.717) is 18.7 Å². The predicted octanol–water partition coefficient (Wildman–Crippen LogP) is 3.89. The lowest BCUT2D eigenvalue weighted by Gasteiger charge is -2.15. The van der Waals surface area contributed by atoms with Gasteiger partial charge in [-0.3, -0.25) is 4.79 Å². The van der Waals surface area contributed by atoms with Crippen molar-refractivity contribution in [1.82, 2.24) is 5.32 Å². The molecule has 0 aliphatic rings. The summed E-state index contributed by atoms with van der Waals surface area (Å²) in [7, 11) is 1.65. The minimum atomic E-state index is -0.550. The number of nitrogens with one attached hydrogen (secondary N) is 1. The van der Waals surface area contributed by atoms with E-state index in [0.717, 1.165) is 15.8 Å². The maximum Gasteiger partial charge on any atom is 0.260 e. The minimum absolute atomic E-state index is 0.135. The summed E-state index contributed by atoms with van der Waals surface area (Å²) in [5, 5.41) is 2.90. The van der Waals surface area contributed by atoms with Crippen molar-refractivity contribution in [1.29, 1.82) is 0 Å². The van der Waals surface area contributed by atoms with Gasteiger partial charge in [-0.2, -0.15) is 0 Å². The molecule has 0 bridgehead atoms. The van der Waals surface area contributed by atoms with Gasteiger partial charge in [0.25, 0.3) is 5.91 Å². The average Bonchev–Trinajstić information content (AvgIpc) is 2.57. The van der Waals surface area contributed by atoms with Crippen LogP contribution in [0.2, 0.25) is 0 Å². The van der Waals surface area contributed by atoms with Crippen molar-refractivity contribution in [2.75, 3.05) is 13.7 Å². The average molecular weight is 392 g/mol. The fourth-order valence-electron chi connectivity index (χ4n) is 2.34. The summed E-state index contributed by atoms with van der Waals surface area (Å²) >= 11 is 3.37. The molecule has 0 aliphatic heterocycles. The van der Waals surface area contributed by atoms with Crippen LogP contribution in [-0.2, 0) is 11.2 Å². The number of carbonyl (C=O) groups excluding carboxylic acids is 1. The molecule has 0 aromatic heterocycles. The van der Waals surface area contributed by atoms with Crippen molar-refractivity contribution in [2.45, 2.75) is 26.4 Å². The first-order valence-corrected chi connectivity index (χ1v) is 8.62. The third-order valence-corrected chi connectivity index (χ3v) is 4.15. The largest absolute Gasteiger partial charge is 0.496 e. The lowest BCUT2D eigenvalue weighted by Crippen LogP contribution is -2.37. The van der Waals surface area contributed by atoms with E-state index >= 15 is 0 Å². The highest BCUT2D eigenvalue weighted by molar-refractivity contribution is 9.10. The molecule has 0 spiro atoms. The Hall–Kier alpha value is -2.01. The van der Waals surface area contributed by atoms with Crippen molar-refractivity contribution in [3.05, 3.63) is 58.1 Å². The van der Waals surface area contributed by atoms with Gasteiger partial charge in [0.05, 0.1) is 7.11 Å². The monoisotopic (exact) mass is 391 g/mol. The quantitative estimate of drug-likeness (QED) is 0.778. The third-order valence-electron chi connectivity index (χ3n) is 3.63. The summed E-state index contributed by atoms with van der Waals surface area (Å²) in [4.78, 5) is 12.1. The predicted molar refractivity (Wildman–Crippen MR) is 98.7 cm³/mol. The molecule has 0 fully saturated rings. The molecule has 128 valence electrons. The number of hydrogen-bond donors (Lipinski definition) is 1. The maximum absolute atomic E-state index is 12.1. The molecule has 0 aliphatic carbocycles. The molecule has 0 heterocycles. The van der Waals surface area contributed by atoms with Crippen LogP contribution in [0.15, 0.2) is 46.9 Å². The summed E-state index contributed by atoms with van der Waals surface area (Å²) in [6.45, 7) is 4.31. The van der Waals surface area contributed by atoms with Gasteiger partial charge in [-0.15, -0.1) is 0 Å². The van der Waals surface area contributed by atoms with Crippen molar-refractivity contribution in [3.63, 3.8) is 0 Å². The molecule has 0 saturated heterocycles. The summed E-state index contributed by atoms with van der Waals surface area (Å²) < 4.78 is 12.0. The van der Waals surface area contributed by atoms with Crippen molar-refractivity contribution in [3.8, 4) is 11.5 Å². The molecule has 2 aromatic carbocycles. The molecule has 0 saturated carbocycles. The van der Waals surface area contributed by atoms with Crippen LogP contribution in [0.3, 0.4) is 0 Å².